The lowest BCUT2D eigenvalue weighted by Gasteiger charge is -2.06. The summed E-state index contributed by atoms with van der Waals surface area (Å²) in [4.78, 5) is 10.3. The summed E-state index contributed by atoms with van der Waals surface area (Å²) in [6.07, 6.45) is 8.38. The van der Waals surface area contributed by atoms with Crippen molar-refractivity contribution in [2.24, 2.45) is 9.98 Å². The van der Waals surface area contributed by atoms with Gasteiger partial charge in [-0.25, -0.2) is 0 Å². The molecule has 0 aromatic heterocycles. The Bertz CT molecular complexity index is 2850. The third-order valence-corrected chi connectivity index (χ3v) is 12.1. The number of fused-ring (bicyclic) bond motifs is 7. The molecule has 2 aliphatic heterocycles. The fourth-order valence-corrected chi connectivity index (χ4v) is 9.17. The highest BCUT2D eigenvalue weighted by Gasteiger charge is 2.22. The molecule has 54 heavy (non-hydrogen) atoms. The van der Waals surface area contributed by atoms with Crippen molar-refractivity contribution >= 4 is 78.4 Å². The summed E-state index contributed by atoms with van der Waals surface area (Å²) in [5.74, 6) is 0. The van der Waals surface area contributed by atoms with E-state index in [4.69, 9.17) is 9.98 Å². The van der Waals surface area contributed by atoms with Crippen LogP contribution in [0.15, 0.2) is 156 Å². The standard InChI is InChI=1S/C52H34N2/c1-2-6-36-18-42-22-39(21-41(42)17-35(36)5-1)31-9-13-33(14-10-31)49-29-47-25-45-28-52-48(26-46(45)27-51(47)53-49)30-50(54-52)34-15-11-32(12-16-34)40-23-43-19-37-7-3-4-8-38(37)20-44(43)24-40/h1-21,23,25-28H,22,24,29-30H2. The molecule has 0 N–H and O–H groups in total. The van der Waals surface area contributed by atoms with Crippen molar-refractivity contribution in [1.82, 2.24) is 0 Å². The lowest BCUT2D eigenvalue weighted by atomic mass is 9.96. The summed E-state index contributed by atoms with van der Waals surface area (Å²) >= 11 is 0. The largest absolute Gasteiger partial charge is 0.252 e. The Morgan fingerprint density at radius 3 is 1.11 bits per heavy atom. The van der Waals surface area contributed by atoms with Crippen LogP contribution in [0.3, 0.4) is 0 Å². The van der Waals surface area contributed by atoms with Gasteiger partial charge in [0.15, 0.2) is 0 Å². The minimum absolute atomic E-state index is 0.848. The molecule has 12 rings (SSSR count). The van der Waals surface area contributed by atoms with Gasteiger partial charge in [-0.05, 0) is 148 Å². The van der Waals surface area contributed by atoms with Crippen LogP contribution in [-0.2, 0) is 25.7 Å². The van der Waals surface area contributed by atoms with Gasteiger partial charge in [0.05, 0.1) is 22.8 Å². The van der Waals surface area contributed by atoms with Gasteiger partial charge in [-0.2, -0.15) is 0 Å². The Hall–Kier alpha value is -6.64. The number of nitrogens with zero attached hydrogens (tertiary/aromatic N) is 2. The second kappa shape index (κ2) is 11.4. The predicted molar refractivity (Wildman–Crippen MR) is 228 cm³/mol. The number of hydrogen-bond donors (Lipinski definition) is 0. The van der Waals surface area contributed by atoms with E-state index in [1.165, 1.54) is 99.1 Å². The van der Waals surface area contributed by atoms with Crippen LogP contribution in [0.1, 0.15) is 55.6 Å². The second-order valence-electron chi connectivity index (χ2n) is 15.4. The molecule has 0 spiro atoms. The van der Waals surface area contributed by atoms with Crippen LogP contribution in [-0.4, -0.2) is 11.4 Å². The van der Waals surface area contributed by atoms with E-state index in [9.17, 15) is 0 Å². The zero-order valence-electron chi connectivity index (χ0n) is 29.7. The Balaban J connectivity index is 0.757. The highest BCUT2D eigenvalue weighted by molar-refractivity contribution is 6.10. The van der Waals surface area contributed by atoms with Crippen LogP contribution in [0.4, 0.5) is 11.4 Å². The first-order valence-electron chi connectivity index (χ1n) is 19.0. The summed E-state index contributed by atoms with van der Waals surface area (Å²) in [5.41, 5.74) is 20.3. The van der Waals surface area contributed by atoms with Gasteiger partial charge in [0, 0.05) is 12.8 Å². The molecule has 0 bridgehead atoms. The number of hydrogen-bond acceptors (Lipinski definition) is 2. The second-order valence-corrected chi connectivity index (χ2v) is 15.4. The highest BCUT2D eigenvalue weighted by atomic mass is 14.8. The van der Waals surface area contributed by atoms with Gasteiger partial charge in [0.2, 0.25) is 0 Å². The first kappa shape index (κ1) is 29.9. The van der Waals surface area contributed by atoms with E-state index in [0.29, 0.717) is 0 Å². The van der Waals surface area contributed by atoms with E-state index < -0.39 is 0 Å². The van der Waals surface area contributed by atoms with Crippen molar-refractivity contribution in [3.8, 4) is 0 Å². The van der Waals surface area contributed by atoms with Crippen molar-refractivity contribution in [2.75, 3.05) is 0 Å². The Morgan fingerprint density at radius 1 is 0.315 bits per heavy atom. The average Bonchev–Trinajstić information content (AvgIpc) is 4.01. The molecule has 0 saturated carbocycles. The molecule has 252 valence electrons. The fraction of sp³-hybridized carbons (Fsp3) is 0.0769. The van der Waals surface area contributed by atoms with Crippen molar-refractivity contribution in [1.29, 1.82) is 0 Å². The number of aliphatic imine (C=N–C) groups is 2. The Labute approximate surface area is 314 Å². The van der Waals surface area contributed by atoms with Crippen LogP contribution in [0.25, 0.3) is 55.6 Å². The van der Waals surface area contributed by atoms with Crippen LogP contribution < -0.4 is 0 Å². The first-order chi connectivity index (χ1) is 26.6. The molecule has 2 heteroatoms. The topological polar surface area (TPSA) is 24.7 Å². The lowest BCUT2D eigenvalue weighted by Crippen LogP contribution is -2.00. The van der Waals surface area contributed by atoms with Crippen molar-refractivity contribution in [2.45, 2.75) is 25.7 Å². The van der Waals surface area contributed by atoms with Crippen molar-refractivity contribution in [3.05, 3.63) is 201 Å². The molecule has 0 radical (unpaired) electrons. The van der Waals surface area contributed by atoms with Gasteiger partial charge in [0.1, 0.15) is 0 Å². The molecule has 0 unspecified atom stereocenters. The molecule has 0 amide bonds. The maximum absolute atomic E-state index is 5.16. The smallest absolute Gasteiger partial charge is 0.0675 e. The van der Waals surface area contributed by atoms with Crippen LogP contribution in [0.2, 0.25) is 0 Å². The molecule has 0 saturated heterocycles. The van der Waals surface area contributed by atoms with Crippen LogP contribution in [0.5, 0.6) is 0 Å². The summed E-state index contributed by atoms with van der Waals surface area (Å²) in [5, 5.41) is 7.71. The van der Waals surface area contributed by atoms with Crippen molar-refractivity contribution in [3.63, 3.8) is 0 Å². The molecular formula is C52H34N2. The van der Waals surface area contributed by atoms with Crippen LogP contribution >= 0.6 is 0 Å². The van der Waals surface area contributed by atoms with Gasteiger partial charge >= 0.3 is 0 Å². The monoisotopic (exact) mass is 686 g/mol. The van der Waals surface area contributed by atoms with E-state index >= 15 is 0 Å². The Kier molecular flexibility index (Phi) is 6.32. The molecule has 8 aromatic carbocycles. The maximum Gasteiger partial charge on any atom is 0.0675 e. The quantitative estimate of drug-likeness (QED) is 0.176. The molecule has 2 aliphatic carbocycles. The minimum atomic E-state index is 0.848. The predicted octanol–water partition coefficient (Wildman–Crippen LogP) is 12.7. The zero-order valence-corrected chi connectivity index (χ0v) is 29.7. The molecule has 8 aromatic rings. The van der Waals surface area contributed by atoms with Gasteiger partial charge in [-0.3, -0.25) is 9.98 Å². The van der Waals surface area contributed by atoms with Gasteiger partial charge < -0.3 is 0 Å². The average molecular weight is 687 g/mol. The first-order valence-corrected chi connectivity index (χ1v) is 19.0. The molecule has 2 heterocycles. The SMILES string of the molecule is C1=C(c2ccc(C3=Nc4cc5cc6c(cc5cc4C3)N=C(c3ccc(C4=Cc5cc7ccccc7cc5C4)cc3)C6)cc2)Cc2cc3ccccc3cc21. The lowest BCUT2D eigenvalue weighted by molar-refractivity contribution is 1.32. The molecule has 4 aliphatic rings. The summed E-state index contributed by atoms with van der Waals surface area (Å²) < 4.78 is 0. The van der Waals surface area contributed by atoms with E-state index in [2.05, 4.69) is 158 Å². The van der Waals surface area contributed by atoms with E-state index in [1.807, 2.05) is 0 Å². The molecule has 0 atom stereocenters. The van der Waals surface area contributed by atoms with Crippen LogP contribution in [0, 0.1) is 0 Å². The number of allylic oxidation sites excluding steroid dienone is 2. The summed E-state index contributed by atoms with van der Waals surface area (Å²) in [6, 6.07) is 54.0. The number of benzene rings is 8. The molecular weight excluding hydrogens is 653 g/mol. The van der Waals surface area contributed by atoms with E-state index in [1.54, 1.807) is 0 Å². The third kappa shape index (κ3) is 4.87. The van der Waals surface area contributed by atoms with Crippen molar-refractivity contribution < 1.29 is 0 Å². The third-order valence-electron chi connectivity index (χ3n) is 12.1. The molecule has 2 nitrogen and oxygen atoms in total. The van der Waals surface area contributed by atoms with E-state index in [-0.39, 0.29) is 0 Å². The molecule has 0 fully saturated rings. The Morgan fingerprint density at radius 2 is 0.685 bits per heavy atom. The highest BCUT2D eigenvalue weighted by Crippen LogP contribution is 2.40. The van der Waals surface area contributed by atoms with E-state index in [0.717, 1.165) is 48.5 Å². The minimum Gasteiger partial charge on any atom is -0.252 e. The zero-order chi connectivity index (χ0) is 35.3. The van der Waals surface area contributed by atoms with Gasteiger partial charge in [-0.1, -0.05) is 121 Å². The summed E-state index contributed by atoms with van der Waals surface area (Å²) in [7, 11) is 0. The van der Waals surface area contributed by atoms with Gasteiger partial charge in [-0.15, -0.1) is 0 Å². The maximum atomic E-state index is 5.16. The number of rotatable bonds is 4. The summed E-state index contributed by atoms with van der Waals surface area (Å²) in [6.45, 7) is 0. The normalized spacial score (nSPS) is 15.2. The fourth-order valence-electron chi connectivity index (χ4n) is 9.17. The van der Waals surface area contributed by atoms with Gasteiger partial charge in [0.25, 0.3) is 0 Å².